The number of amides is 2. The van der Waals surface area contributed by atoms with E-state index in [2.05, 4.69) is 42.7 Å². The van der Waals surface area contributed by atoms with Crippen LogP contribution in [0.4, 0.5) is 0 Å². The van der Waals surface area contributed by atoms with Gasteiger partial charge < -0.3 is 0 Å². The Bertz CT molecular complexity index is 329. The van der Waals surface area contributed by atoms with E-state index in [1.54, 1.807) is 0 Å². The van der Waals surface area contributed by atoms with Crippen molar-refractivity contribution in [3.8, 4) is 0 Å². The monoisotopic (exact) mass is 352 g/mol. The van der Waals surface area contributed by atoms with Crippen LogP contribution < -0.4 is 10.9 Å². The van der Waals surface area contributed by atoms with E-state index in [0.717, 1.165) is 12.8 Å². The van der Waals surface area contributed by atoms with E-state index in [1.807, 2.05) is 13.8 Å². The molecule has 16 heavy (non-hydrogen) atoms. The highest BCUT2D eigenvalue weighted by Crippen LogP contribution is 2.52. The number of hydrazine groups is 1. The van der Waals surface area contributed by atoms with Crippen molar-refractivity contribution >= 4 is 43.7 Å². The minimum atomic E-state index is -0.370. The van der Waals surface area contributed by atoms with Crippen molar-refractivity contribution in [2.24, 2.45) is 10.8 Å². The van der Waals surface area contributed by atoms with Crippen molar-refractivity contribution in [2.75, 3.05) is 0 Å². The van der Waals surface area contributed by atoms with Gasteiger partial charge in [-0.3, -0.25) is 20.4 Å². The zero-order chi connectivity index (χ0) is 12.1. The molecule has 0 aromatic carbocycles. The smallest absolute Gasteiger partial charge is 0.245 e. The number of halogens is 2. The standard InChI is InChI=1S/C10H14Br2N2O2/c1-9(3-5(9)11)7(15)13-14-8(16)10(2)4-6(10)12/h5-6H,3-4H2,1-2H3,(H,13,15)(H,14,16). The third-order valence-electron chi connectivity index (χ3n) is 3.60. The van der Waals surface area contributed by atoms with Gasteiger partial charge in [0.1, 0.15) is 0 Å². The molecule has 2 rings (SSSR count). The fourth-order valence-corrected chi connectivity index (χ4v) is 3.26. The number of hydrogen-bond acceptors (Lipinski definition) is 2. The molecule has 4 atom stereocenters. The van der Waals surface area contributed by atoms with Crippen LogP contribution in [0.2, 0.25) is 0 Å². The Labute approximate surface area is 111 Å². The first-order valence-electron chi connectivity index (χ1n) is 5.20. The minimum absolute atomic E-state index is 0.127. The summed E-state index contributed by atoms with van der Waals surface area (Å²) in [7, 11) is 0. The molecule has 0 aromatic rings. The van der Waals surface area contributed by atoms with Crippen LogP contribution in [-0.4, -0.2) is 21.5 Å². The van der Waals surface area contributed by atoms with E-state index in [9.17, 15) is 9.59 Å². The Hall–Kier alpha value is -0.100. The molecule has 0 aromatic heterocycles. The first-order chi connectivity index (χ1) is 7.30. The van der Waals surface area contributed by atoms with Crippen LogP contribution in [0.25, 0.3) is 0 Å². The van der Waals surface area contributed by atoms with Crippen LogP contribution in [0, 0.1) is 10.8 Å². The van der Waals surface area contributed by atoms with Crippen LogP contribution in [0.1, 0.15) is 26.7 Å². The molecule has 4 nitrogen and oxygen atoms in total. The second kappa shape index (κ2) is 3.70. The highest BCUT2D eigenvalue weighted by molar-refractivity contribution is 9.10. The molecule has 2 fully saturated rings. The van der Waals surface area contributed by atoms with Crippen molar-refractivity contribution in [1.82, 2.24) is 10.9 Å². The average Bonchev–Trinajstić information content (AvgIpc) is 3.03. The number of carbonyl (C=O) groups is 2. The molecule has 0 heterocycles. The van der Waals surface area contributed by atoms with Crippen molar-refractivity contribution in [2.45, 2.75) is 36.3 Å². The molecule has 2 aliphatic rings. The molecule has 0 spiro atoms. The summed E-state index contributed by atoms with van der Waals surface area (Å²) in [6.07, 6.45) is 1.63. The Balaban J connectivity index is 1.81. The molecule has 0 aliphatic heterocycles. The number of hydrogen-bond donors (Lipinski definition) is 2. The van der Waals surface area contributed by atoms with Crippen molar-refractivity contribution in [1.29, 1.82) is 0 Å². The lowest BCUT2D eigenvalue weighted by molar-refractivity contribution is -0.133. The maximum Gasteiger partial charge on any atom is 0.245 e. The third-order valence-corrected chi connectivity index (χ3v) is 6.26. The SMILES string of the molecule is CC1(C(=O)NNC(=O)C2(C)CC2Br)CC1Br. The highest BCUT2D eigenvalue weighted by Gasteiger charge is 2.57. The Morgan fingerprint density at radius 2 is 1.25 bits per heavy atom. The molecule has 4 unspecified atom stereocenters. The number of carbonyl (C=O) groups excluding carboxylic acids is 2. The molecule has 2 N–H and O–H groups in total. The Kier molecular flexibility index (Phi) is 2.86. The fraction of sp³-hybridized carbons (Fsp3) is 0.800. The van der Waals surface area contributed by atoms with Gasteiger partial charge in [0.25, 0.3) is 0 Å². The van der Waals surface area contributed by atoms with Crippen LogP contribution >= 0.6 is 31.9 Å². The van der Waals surface area contributed by atoms with Crippen molar-refractivity contribution in [3.63, 3.8) is 0 Å². The van der Waals surface area contributed by atoms with Crippen LogP contribution in [0.5, 0.6) is 0 Å². The van der Waals surface area contributed by atoms with Crippen molar-refractivity contribution in [3.05, 3.63) is 0 Å². The van der Waals surface area contributed by atoms with Crippen LogP contribution in [-0.2, 0) is 9.59 Å². The van der Waals surface area contributed by atoms with Crippen LogP contribution in [0.15, 0.2) is 0 Å². The predicted octanol–water partition coefficient (Wildman–Crippen LogP) is 1.48. The first kappa shape index (κ1) is 12.4. The van der Waals surface area contributed by atoms with Crippen LogP contribution in [0.3, 0.4) is 0 Å². The summed E-state index contributed by atoms with van der Waals surface area (Å²) in [6.45, 7) is 3.75. The molecule has 2 aliphatic carbocycles. The molecule has 0 radical (unpaired) electrons. The summed E-state index contributed by atoms with van der Waals surface area (Å²) in [5.41, 5.74) is 4.25. The summed E-state index contributed by atoms with van der Waals surface area (Å²) in [4.78, 5) is 23.8. The average molecular weight is 354 g/mol. The summed E-state index contributed by atoms with van der Waals surface area (Å²) in [5, 5.41) is 0. The zero-order valence-electron chi connectivity index (χ0n) is 9.14. The summed E-state index contributed by atoms with van der Waals surface area (Å²) in [5.74, 6) is -0.254. The molecule has 90 valence electrons. The first-order valence-corrected chi connectivity index (χ1v) is 7.03. The Morgan fingerprint density at radius 3 is 1.44 bits per heavy atom. The molecule has 2 amide bonds. The van der Waals surface area contributed by atoms with E-state index >= 15 is 0 Å². The maximum atomic E-state index is 11.7. The maximum absolute atomic E-state index is 11.7. The fourth-order valence-electron chi connectivity index (χ4n) is 1.50. The Morgan fingerprint density at radius 1 is 1.00 bits per heavy atom. The van der Waals surface area contributed by atoms with Gasteiger partial charge in [0.05, 0.1) is 10.8 Å². The largest absolute Gasteiger partial charge is 0.273 e. The molecular formula is C10H14Br2N2O2. The molecule has 6 heteroatoms. The van der Waals surface area contributed by atoms with Gasteiger partial charge in [-0.15, -0.1) is 0 Å². The third kappa shape index (κ3) is 1.90. The summed E-state index contributed by atoms with van der Waals surface area (Å²) >= 11 is 6.79. The molecular weight excluding hydrogens is 340 g/mol. The van der Waals surface area contributed by atoms with E-state index in [1.165, 1.54) is 0 Å². The van der Waals surface area contributed by atoms with Crippen molar-refractivity contribution < 1.29 is 9.59 Å². The quantitative estimate of drug-likeness (QED) is 0.583. The second-order valence-corrected chi connectivity index (χ2v) is 7.30. The number of rotatable bonds is 2. The molecule has 0 bridgehead atoms. The topological polar surface area (TPSA) is 58.2 Å². The second-order valence-electron chi connectivity index (χ2n) is 5.09. The molecule has 0 saturated heterocycles. The minimum Gasteiger partial charge on any atom is -0.273 e. The van der Waals surface area contributed by atoms with E-state index < -0.39 is 0 Å². The van der Waals surface area contributed by atoms with Gasteiger partial charge in [-0.2, -0.15) is 0 Å². The lowest BCUT2D eigenvalue weighted by Crippen LogP contribution is -2.48. The van der Waals surface area contributed by atoms with Gasteiger partial charge in [-0.1, -0.05) is 31.9 Å². The van der Waals surface area contributed by atoms with Gasteiger partial charge in [0.15, 0.2) is 0 Å². The van der Waals surface area contributed by atoms with Gasteiger partial charge in [-0.05, 0) is 26.7 Å². The van der Waals surface area contributed by atoms with Gasteiger partial charge >= 0.3 is 0 Å². The van der Waals surface area contributed by atoms with Gasteiger partial charge in [0, 0.05) is 9.65 Å². The molecule has 2 saturated carbocycles. The predicted molar refractivity (Wildman–Crippen MR) is 67.2 cm³/mol. The number of nitrogens with one attached hydrogen (secondary N) is 2. The van der Waals surface area contributed by atoms with E-state index in [0.29, 0.717) is 0 Å². The van der Waals surface area contributed by atoms with Gasteiger partial charge in [0.2, 0.25) is 11.8 Å². The van der Waals surface area contributed by atoms with E-state index in [-0.39, 0.29) is 32.3 Å². The highest BCUT2D eigenvalue weighted by atomic mass is 79.9. The zero-order valence-corrected chi connectivity index (χ0v) is 12.3. The lowest BCUT2D eigenvalue weighted by Gasteiger charge is -2.14. The normalized spacial score (nSPS) is 44.8. The van der Waals surface area contributed by atoms with Gasteiger partial charge in [-0.25, -0.2) is 0 Å². The van der Waals surface area contributed by atoms with E-state index in [4.69, 9.17) is 0 Å². The summed E-state index contributed by atoms with van der Waals surface area (Å²) in [6, 6.07) is 0. The number of alkyl halides is 2. The lowest BCUT2D eigenvalue weighted by atomic mass is 10.1. The summed E-state index contributed by atoms with van der Waals surface area (Å²) < 4.78 is 0.